The Morgan fingerprint density at radius 3 is 2.36 bits per heavy atom. The largest absolute Gasteiger partial charge is 0.378 e. The van der Waals surface area contributed by atoms with Crippen molar-refractivity contribution >= 4 is 17.9 Å². The van der Waals surface area contributed by atoms with Crippen LogP contribution in [0.15, 0.2) is 4.99 Å². The number of urea groups is 1. The van der Waals surface area contributed by atoms with Gasteiger partial charge in [0.05, 0.1) is 19.3 Å². The number of aliphatic imine (C=N–C) groups is 1. The van der Waals surface area contributed by atoms with Gasteiger partial charge in [-0.15, -0.1) is 0 Å². The number of rotatable bonds is 6. The first-order valence-corrected chi connectivity index (χ1v) is 13.9. The van der Waals surface area contributed by atoms with E-state index in [2.05, 4.69) is 21.6 Å². The number of likely N-dealkylation sites (tertiary alicyclic amines) is 1. The lowest BCUT2D eigenvalue weighted by Gasteiger charge is -2.33. The second kappa shape index (κ2) is 12.7. The quantitative estimate of drug-likeness (QED) is 0.377. The Morgan fingerprint density at radius 2 is 1.72 bits per heavy atom. The Morgan fingerprint density at radius 1 is 1.06 bits per heavy atom. The van der Waals surface area contributed by atoms with E-state index in [1.165, 1.54) is 38.5 Å². The number of amides is 3. The fourth-order valence-corrected chi connectivity index (χ4v) is 6.32. The van der Waals surface area contributed by atoms with Gasteiger partial charge in [-0.05, 0) is 31.6 Å². The number of carbonyl (C=O) groups excluding carboxylic acids is 2. The molecule has 0 radical (unpaired) electrons. The van der Waals surface area contributed by atoms with Gasteiger partial charge < -0.3 is 20.7 Å². The Bertz CT molecular complexity index is 826. The molecule has 4 aliphatic rings. The van der Waals surface area contributed by atoms with E-state index >= 15 is 0 Å². The maximum Gasteiger partial charge on any atom is 0.318 e. The van der Waals surface area contributed by atoms with Crippen LogP contribution in [0.4, 0.5) is 4.79 Å². The maximum atomic E-state index is 13.7. The van der Waals surface area contributed by atoms with E-state index in [0.717, 1.165) is 32.2 Å². The average molecular weight is 502 g/mol. The van der Waals surface area contributed by atoms with Gasteiger partial charge in [0.2, 0.25) is 11.9 Å². The Hall–Kier alpha value is -2.38. The molecule has 200 valence electrons. The number of guanidine groups is 1. The van der Waals surface area contributed by atoms with Gasteiger partial charge in [-0.25, -0.2) is 9.79 Å². The number of morpholine rings is 1. The zero-order valence-electron chi connectivity index (χ0n) is 21.6. The molecule has 10 heteroatoms. The van der Waals surface area contributed by atoms with Crippen molar-refractivity contribution in [3.8, 4) is 6.07 Å². The highest BCUT2D eigenvalue weighted by atomic mass is 16.5. The molecule has 0 aromatic rings. The second-order valence-corrected chi connectivity index (χ2v) is 11.0. The zero-order valence-corrected chi connectivity index (χ0v) is 21.6. The van der Waals surface area contributed by atoms with Crippen molar-refractivity contribution in [3.05, 3.63) is 0 Å². The van der Waals surface area contributed by atoms with Gasteiger partial charge in [-0.3, -0.25) is 15.0 Å². The lowest BCUT2D eigenvalue weighted by molar-refractivity contribution is -0.124. The molecule has 2 atom stereocenters. The van der Waals surface area contributed by atoms with Gasteiger partial charge in [-0.2, -0.15) is 5.26 Å². The molecule has 4 rings (SSSR count). The predicted octanol–water partition coefficient (Wildman–Crippen LogP) is 2.10. The summed E-state index contributed by atoms with van der Waals surface area (Å²) in [5.41, 5.74) is 4.56. The Labute approximate surface area is 215 Å². The summed E-state index contributed by atoms with van der Waals surface area (Å²) in [7, 11) is 0. The van der Waals surface area contributed by atoms with Gasteiger partial charge in [-0.1, -0.05) is 51.4 Å². The number of nitrogens with zero attached hydrogens (tertiary/aromatic N) is 4. The highest BCUT2D eigenvalue weighted by molar-refractivity contribution is 5.97. The molecule has 3 amide bonds. The number of nitrogens with two attached hydrogens (primary N) is 1. The summed E-state index contributed by atoms with van der Waals surface area (Å²) in [5.74, 6) is 0.491. The van der Waals surface area contributed by atoms with Crippen molar-refractivity contribution in [2.75, 3.05) is 39.4 Å². The summed E-state index contributed by atoms with van der Waals surface area (Å²) in [4.78, 5) is 34.6. The lowest BCUT2D eigenvalue weighted by Crippen LogP contribution is -2.55. The van der Waals surface area contributed by atoms with Crippen molar-refractivity contribution in [2.24, 2.45) is 16.6 Å². The molecule has 4 N–H and O–H groups in total. The monoisotopic (exact) mass is 501 g/mol. The molecule has 2 unspecified atom stereocenters. The topological polar surface area (TPSA) is 136 Å². The third-order valence-electron chi connectivity index (χ3n) is 8.37. The maximum absolute atomic E-state index is 13.7. The van der Waals surface area contributed by atoms with E-state index < -0.39 is 17.6 Å². The third kappa shape index (κ3) is 7.10. The van der Waals surface area contributed by atoms with Crippen LogP contribution in [0.25, 0.3) is 0 Å². The summed E-state index contributed by atoms with van der Waals surface area (Å²) in [5, 5.41) is 15.9. The zero-order chi connectivity index (χ0) is 25.4. The minimum Gasteiger partial charge on any atom is -0.378 e. The summed E-state index contributed by atoms with van der Waals surface area (Å²) in [6.07, 6.45) is 13.1. The molecular weight excluding hydrogens is 458 g/mol. The lowest BCUT2D eigenvalue weighted by atomic mass is 9.84. The molecule has 36 heavy (non-hydrogen) atoms. The minimum absolute atomic E-state index is 0.232. The molecule has 2 aliphatic carbocycles. The molecule has 0 bridgehead atoms. The molecular formula is C26H43N7O3. The molecule has 0 aromatic carbocycles. The number of nitriles is 1. The van der Waals surface area contributed by atoms with Crippen molar-refractivity contribution < 1.29 is 14.3 Å². The summed E-state index contributed by atoms with van der Waals surface area (Å²) in [6.45, 7) is 3.57. The van der Waals surface area contributed by atoms with Crippen LogP contribution in [0.3, 0.4) is 0 Å². The fourth-order valence-electron chi connectivity index (χ4n) is 6.32. The molecule has 0 spiro atoms. The summed E-state index contributed by atoms with van der Waals surface area (Å²) >= 11 is 0. The number of nitrogens with one attached hydrogen (secondary N) is 2. The van der Waals surface area contributed by atoms with Crippen LogP contribution in [0, 0.1) is 17.2 Å². The highest BCUT2D eigenvalue weighted by Crippen LogP contribution is 2.31. The van der Waals surface area contributed by atoms with Crippen LogP contribution in [-0.4, -0.2) is 84.7 Å². The second-order valence-electron chi connectivity index (χ2n) is 11.0. The van der Waals surface area contributed by atoms with E-state index in [4.69, 9.17) is 15.5 Å². The standard InChI is InChI=1S/C26H43N7O3/c27-18-26(11-12-33(19-26)21-9-5-2-6-10-21)31-23(34)22(17-20-7-3-1-4-8-20)29-25(30-24(28)35)32-13-15-36-16-14-32/h20-22H,1-17,19H2,(H,31,34)(H3,28,29,30,35). The molecule has 0 aromatic heterocycles. The summed E-state index contributed by atoms with van der Waals surface area (Å²) in [6, 6.07) is 1.56. The third-order valence-corrected chi connectivity index (χ3v) is 8.37. The van der Waals surface area contributed by atoms with Gasteiger partial charge in [0.1, 0.15) is 11.6 Å². The molecule has 2 saturated heterocycles. The van der Waals surface area contributed by atoms with E-state index in [9.17, 15) is 14.9 Å². The molecule has 2 saturated carbocycles. The van der Waals surface area contributed by atoms with Crippen molar-refractivity contribution in [2.45, 2.75) is 94.7 Å². The highest BCUT2D eigenvalue weighted by Gasteiger charge is 2.43. The number of hydrogen-bond acceptors (Lipinski definition) is 6. The molecule has 10 nitrogen and oxygen atoms in total. The molecule has 4 fully saturated rings. The molecule has 2 aliphatic heterocycles. The van der Waals surface area contributed by atoms with E-state index in [0.29, 0.717) is 63.6 Å². The van der Waals surface area contributed by atoms with Crippen LogP contribution in [-0.2, 0) is 9.53 Å². The van der Waals surface area contributed by atoms with Gasteiger partial charge in [0.15, 0.2) is 0 Å². The predicted molar refractivity (Wildman–Crippen MR) is 137 cm³/mol. The van der Waals surface area contributed by atoms with Gasteiger partial charge in [0.25, 0.3) is 0 Å². The summed E-state index contributed by atoms with van der Waals surface area (Å²) < 4.78 is 5.44. The van der Waals surface area contributed by atoms with E-state index in [1.54, 1.807) is 0 Å². The first-order chi connectivity index (χ1) is 17.5. The van der Waals surface area contributed by atoms with Gasteiger partial charge >= 0.3 is 6.03 Å². The number of ether oxygens (including phenoxy) is 1. The van der Waals surface area contributed by atoms with Crippen molar-refractivity contribution in [1.82, 2.24) is 20.4 Å². The molecule has 2 heterocycles. The van der Waals surface area contributed by atoms with Gasteiger partial charge in [0, 0.05) is 32.2 Å². The van der Waals surface area contributed by atoms with E-state index in [-0.39, 0.29) is 5.91 Å². The van der Waals surface area contributed by atoms with Crippen molar-refractivity contribution in [3.63, 3.8) is 0 Å². The van der Waals surface area contributed by atoms with Crippen LogP contribution in [0.1, 0.15) is 77.0 Å². The number of carbonyl (C=O) groups is 2. The first-order valence-electron chi connectivity index (χ1n) is 13.9. The van der Waals surface area contributed by atoms with Crippen LogP contribution < -0.4 is 16.4 Å². The van der Waals surface area contributed by atoms with Crippen LogP contribution in [0.2, 0.25) is 0 Å². The first kappa shape index (κ1) is 26.7. The smallest absolute Gasteiger partial charge is 0.318 e. The van der Waals surface area contributed by atoms with E-state index in [1.807, 2.05) is 4.90 Å². The number of hydrogen-bond donors (Lipinski definition) is 3. The minimum atomic E-state index is -0.898. The fraction of sp³-hybridized carbons (Fsp3) is 0.846. The number of primary amides is 1. The van der Waals surface area contributed by atoms with Crippen LogP contribution in [0.5, 0.6) is 0 Å². The Kier molecular flexibility index (Phi) is 9.43. The normalized spacial score (nSPS) is 27.9. The Balaban J connectivity index is 1.51. The average Bonchev–Trinajstić information content (AvgIpc) is 3.33. The van der Waals surface area contributed by atoms with Crippen molar-refractivity contribution in [1.29, 1.82) is 5.26 Å². The van der Waals surface area contributed by atoms with Crippen LogP contribution >= 0.6 is 0 Å². The SMILES string of the molecule is N#CC1(NC(=O)C(CC2CCCCC2)N=C(NC(N)=O)N2CCOCC2)CCN(C2CCCCC2)C1.